The van der Waals surface area contributed by atoms with E-state index in [-0.39, 0.29) is 5.41 Å². The van der Waals surface area contributed by atoms with Crippen molar-refractivity contribution in [2.75, 3.05) is 4.90 Å². The maximum absolute atomic E-state index is 4.05. The fourth-order valence-corrected chi connectivity index (χ4v) is 3.36. The summed E-state index contributed by atoms with van der Waals surface area (Å²) in [6, 6.07) is 10.3. The molecule has 1 aromatic rings. The van der Waals surface area contributed by atoms with Gasteiger partial charge in [0.15, 0.2) is 0 Å². The topological polar surface area (TPSA) is 3.24 Å². The molecule has 23 heavy (non-hydrogen) atoms. The van der Waals surface area contributed by atoms with Gasteiger partial charge in [0.2, 0.25) is 0 Å². The lowest BCUT2D eigenvalue weighted by atomic mass is 9.71. The molecule has 0 bridgehead atoms. The van der Waals surface area contributed by atoms with Crippen molar-refractivity contribution >= 4 is 5.69 Å². The minimum atomic E-state index is -0.139. The van der Waals surface area contributed by atoms with Crippen LogP contribution in [0.3, 0.4) is 0 Å². The minimum Gasteiger partial charge on any atom is -0.310 e. The molecule has 0 amide bonds. The Morgan fingerprint density at radius 1 is 1.00 bits per heavy atom. The lowest BCUT2D eigenvalue weighted by Gasteiger charge is -2.44. The molecule has 0 aliphatic carbocycles. The van der Waals surface area contributed by atoms with Crippen molar-refractivity contribution in [2.24, 2.45) is 5.41 Å². The van der Waals surface area contributed by atoms with Crippen molar-refractivity contribution in [1.82, 2.24) is 0 Å². The molecule has 0 atom stereocenters. The first-order valence-electron chi connectivity index (χ1n) is 7.87. The summed E-state index contributed by atoms with van der Waals surface area (Å²) < 4.78 is 0. The third-order valence-electron chi connectivity index (χ3n) is 4.36. The van der Waals surface area contributed by atoms with Crippen molar-refractivity contribution in [3.63, 3.8) is 0 Å². The van der Waals surface area contributed by atoms with Crippen molar-refractivity contribution in [1.29, 1.82) is 0 Å². The molecule has 1 heterocycles. The largest absolute Gasteiger partial charge is 0.310 e. The number of nitrogens with zero attached hydrogens (tertiary/aromatic N) is 1. The Morgan fingerprint density at radius 3 is 2.13 bits per heavy atom. The van der Waals surface area contributed by atoms with Gasteiger partial charge in [0.25, 0.3) is 0 Å². The summed E-state index contributed by atoms with van der Waals surface area (Å²) >= 11 is 0. The van der Waals surface area contributed by atoms with Crippen LogP contribution in [-0.4, -0.2) is 0 Å². The first kappa shape index (κ1) is 16.8. The standard InChI is InChI=1S/C22H25N/c1-7-14-21-19(9-3)22(5,6)18(8-2)20(10-4)23(21)17-15-12-11-13-16-17/h7-16H,1-2,4H2,3,5-6H3/b19-9+,21-14+. The number of anilines is 1. The second kappa shape index (κ2) is 6.70. The zero-order valence-corrected chi connectivity index (χ0v) is 14.3. The zero-order valence-electron chi connectivity index (χ0n) is 14.3. The summed E-state index contributed by atoms with van der Waals surface area (Å²) in [6.45, 7) is 18.5. The van der Waals surface area contributed by atoms with E-state index < -0.39 is 0 Å². The van der Waals surface area contributed by atoms with Gasteiger partial charge in [-0.05, 0) is 42.4 Å². The number of para-hydroxylation sites is 1. The highest BCUT2D eigenvalue weighted by molar-refractivity contribution is 5.71. The molecule has 0 unspecified atom stereocenters. The van der Waals surface area contributed by atoms with Crippen LogP contribution < -0.4 is 4.90 Å². The fraction of sp³-hybridized carbons (Fsp3) is 0.182. The van der Waals surface area contributed by atoms with Crippen LogP contribution in [0.25, 0.3) is 0 Å². The third-order valence-corrected chi connectivity index (χ3v) is 4.36. The number of allylic oxidation sites excluding steroid dienone is 7. The van der Waals surface area contributed by atoms with Gasteiger partial charge in [-0.2, -0.15) is 0 Å². The second-order valence-corrected chi connectivity index (χ2v) is 5.99. The van der Waals surface area contributed by atoms with Crippen LogP contribution in [-0.2, 0) is 0 Å². The van der Waals surface area contributed by atoms with Crippen molar-refractivity contribution < 1.29 is 0 Å². The van der Waals surface area contributed by atoms with Gasteiger partial charge in [-0.1, -0.05) is 70.0 Å². The van der Waals surface area contributed by atoms with E-state index in [9.17, 15) is 0 Å². The summed E-state index contributed by atoms with van der Waals surface area (Å²) in [6.07, 6.45) is 9.93. The van der Waals surface area contributed by atoms with E-state index >= 15 is 0 Å². The van der Waals surface area contributed by atoms with E-state index in [0.29, 0.717) is 0 Å². The zero-order chi connectivity index (χ0) is 17.0. The van der Waals surface area contributed by atoms with Gasteiger partial charge in [0, 0.05) is 22.5 Å². The van der Waals surface area contributed by atoms with Gasteiger partial charge in [-0.15, -0.1) is 0 Å². The molecule has 118 valence electrons. The molecule has 0 radical (unpaired) electrons. The fourth-order valence-electron chi connectivity index (χ4n) is 3.36. The summed E-state index contributed by atoms with van der Waals surface area (Å²) in [5.74, 6) is 0. The third kappa shape index (κ3) is 2.75. The highest BCUT2D eigenvalue weighted by Gasteiger charge is 2.38. The Morgan fingerprint density at radius 2 is 1.65 bits per heavy atom. The predicted molar refractivity (Wildman–Crippen MR) is 102 cm³/mol. The quantitative estimate of drug-likeness (QED) is 0.642. The maximum Gasteiger partial charge on any atom is 0.0499 e. The molecule has 0 N–H and O–H groups in total. The van der Waals surface area contributed by atoms with Crippen molar-refractivity contribution in [3.8, 4) is 0 Å². The first-order valence-corrected chi connectivity index (χ1v) is 7.87. The van der Waals surface area contributed by atoms with Crippen LogP contribution in [0.2, 0.25) is 0 Å². The van der Waals surface area contributed by atoms with Gasteiger partial charge in [0.1, 0.15) is 0 Å². The number of rotatable bonds is 4. The number of hydrogen-bond donors (Lipinski definition) is 0. The highest BCUT2D eigenvalue weighted by Crippen LogP contribution is 2.49. The summed E-state index contributed by atoms with van der Waals surface area (Å²) in [4.78, 5) is 2.23. The Labute approximate surface area is 140 Å². The van der Waals surface area contributed by atoms with E-state index in [0.717, 1.165) is 17.1 Å². The van der Waals surface area contributed by atoms with Gasteiger partial charge < -0.3 is 4.90 Å². The second-order valence-electron chi connectivity index (χ2n) is 5.99. The summed E-state index contributed by atoms with van der Waals surface area (Å²) in [7, 11) is 0. The molecule has 0 saturated heterocycles. The van der Waals surface area contributed by atoms with Gasteiger partial charge in [-0.25, -0.2) is 0 Å². The highest BCUT2D eigenvalue weighted by atomic mass is 15.2. The maximum atomic E-state index is 4.05. The van der Waals surface area contributed by atoms with Gasteiger partial charge in [0.05, 0.1) is 0 Å². The lowest BCUT2D eigenvalue weighted by molar-refractivity contribution is 0.535. The Balaban J connectivity index is 2.88. The van der Waals surface area contributed by atoms with E-state index in [2.05, 4.69) is 69.7 Å². The van der Waals surface area contributed by atoms with Gasteiger partial charge >= 0.3 is 0 Å². The Hall–Kier alpha value is -2.54. The van der Waals surface area contributed by atoms with E-state index in [1.165, 1.54) is 11.1 Å². The van der Waals surface area contributed by atoms with Crippen LogP contribution in [0.1, 0.15) is 20.8 Å². The van der Waals surface area contributed by atoms with Gasteiger partial charge in [-0.3, -0.25) is 0 Å². The molecule has 1 heteroatoms. The molecule has 0 spiro atoms. The van der Waals surface area contributed by atoms with Crippen LogP contribution in [0.4, 0.5) is 5.69 Å². The normalized spacial score (nSPS) is 20.7. The first-order chi connectivity index (χ1) is 11.0. The van der Waals surface area contributed by atoms with E-state index in [1.54, 1.807) is 0 Å². The smallest absolute Gasteiger partial charge is 0.0499 e. The number of hydrogen-bond acceptors (Lipinski definition) is 1. The minimum absolute atomic E-state index is 0.139. The molecular weight excluding hydrogens is 278 g/mol. The Bertz CT molecular complexity index is 712. The predicted octanol–water partition coefficient (Wildman–Crippen LogP) is 6.18. The van der Waals surface area contributed by atoms with Crippen molar-refractivity contribution in [2.45, 2.75) is 20.8 Å². The van der Waals surface area contributed by atoms with Crippen LogP contribution in [0.15, 0.2) is 103 Å². The van der Waals surface area contributed by atoms with Crippen LogP contribution in [0.5, 0.6) is 0 Å². The monoisotopic (exact) mass is 303 g/mol. The number of benzene rings is 1. The molecular formula is C22H25N. The molecule has 1 aliphatic heterocycles. The Kier molecular flexibility index (Phi) is 4.90. The molecule has 0 fully saturated rings. The van der Waals surface area contributed by atoms with Crippen LogP contribution >= 0.6 is 0 Å². The van der Waals surface area contributed by atoms with E-state index in [4.69, 9.17) is 0 Å². The molecule has 2 rings (SSSR count). The lowest BCUT2D eigenvalue weighted by Crippen LogP contribution is -2.36. The molecule has 1 aromatic carbocycles. The average Bonchev–Trinajstić information content (AvgIpc) is 2.55. The molecule has 0 aromatic heterocycles. The van der Waals surface area contributed by atoms with Crippen LogP contribution in [0, 0.1) is 5.41 Å². The molecule has 1 nitrogen and oxygen atoms in total. The molecule has 1 aliphatic rings. The average molecular weight is 303 g/mol. The summed E-state index contributed by atoms with van der Waals surface area (Å²) in [5, 5.41) is 0. The van der Waals surface area contributed by atoms with E-state index in [1.807, 2.05) is 36.4 Å². The summed E-state index contributed by atoms with van der Waals surface area (Å²) in [5.41, 5.74) is 5.58. The molecule has 0 saturated carbocycles. The SMILES string of the molecule is C=C/C=C1\C(=C/C)C(C)(C)C(C=C)=C(C=C)N1c1ccccc1. The van der Waals surface area contributed by atoms with Crippen molar-refractivity contribution in [3.05, 3.63) is 103 Å².